The lowest BCUT2D eigenvalue weighted by atomic mass is 10.1. The molecule has 0 bridgehead atoms. The summed E-state index contributed by atoms with van der Waals surface area (Å²) in [5.41, 5.74) is 1.47. The normalized spacial score (nSPS) is 12.0. The lowest BCUT2D eigenvalue weighted by Crippen LogP contribution is -2.23. The van der Waals surface area contributed by atoms with E-state index in [2.05, 4.69) is 5.32 Å². The van der Waals surface area contributed by atoms with Gasteiger partial charge in [0.25, 0.3) is 0 Å². The minimum Gasteiger partial charge on any atom is -0.454 e. The van der Waals surface area contributed by atoms with Crippen molar-refractivity contribution in [2.75, 3.05) is 6.79 Å². The van der Waals surface area contributed by atoms with E-state index in [0.29, 0.717) is 28.6 Å². The van der Waals surface area contributed by atoms with E-state index in [0.717, 1.165) is 5.56 Å². The Kier molecular flexibility index (Phi) is 5.01. The van der Waals surface area contributed by atoms with Crippen LogP contribution >= 0.6 is 11.6 Å². The zero-order chi connectivity index (χ0) is 16.9. The van der Waals surface area contributed by atoms with E-state index in [1.165, 1.54) is 0 Å². The predicted molar refractivity (Wildman–Crippen MR) is 89.4 cm³/mol. The zero-order valence-corrected chi connectivity index (χ0v) is 13.6. The molecule has 124 valence electrons. The monoisotopic (exact) mass is 345 g/mol. The number of amides is 1. The number of fused-ring (bicyclic) bond motifs is 1. The predicted octanol–water partition coefficient (Wildman–Crippen LogP) is 3.35. The first-order valence-corrected chi connectivity index (χ1v) is 7.93. The van der Waals surface area contributed by atoms with Gasteiger partial charge in [0.15, 0.2) is 17.3 Å². The number of rotatable bonds is 6. The summed E-state index contributed by atoms with van der Waals surface area (Å²) < 4.78 is 10.5. The smallest absolute Gasteiger partial charge is 0.231 e. The molecule has 0 radical (unpaired) electrons. The van der Waals surface area contributed by atoms with Crippen molar-refractivity contribution in [3.05, 3.63) is 58.6 Å². The highest BCUT2D eigenvalue weighted by atomic mass is 35.5. The van der Waals surface area contributed by atoms with Gasteiger partial charge in [0.1, 0.15) is 0 Å². The summed E-state index contributed by atoms with van der Waals surface area (Å²) in [6.45, 7) is 0.600. The largest absolute Gasteiger partial charge is 0.454 e. The molecule has 0 saturated carbocycles. The Labute approximate surface area is 144 Å². The number of hydrogen-bond acceptors (Lipinski definition) is 4. The third-order valence-electron chi connectivity index (χ3n) is 3.67. The van der Waals surface area contributed by atoms with Crippen molar-refractivity contribution in [3.8, 4) is 11.5 Å². The number of nitrogens with one attached hydrogen (secondary N) is 1. The van der Waals surface area contributed by atoms with Gasteiger partial charge in [-0.3, -0.25) is 9.59 Å². The van der Waals surface area contributed by atoms with Crippen molar-refractivity contribution in [2.24, 2.45) is 0 Å². The van der Waals surface area contributed by atoms with E-state index in [1.807, 2.05) is 18.2 Å². The summed E-state index contributed by atoms with van der Waals surface area (Å²) in [7, 11) is 0. The number of carbonyl (C=O) groups excluding carboxylic acids is 2. The molecule has 0 aliphatic carbocycles. The van der Waals surface area contributed by atoms with Gasteiger partial charge < -0.3 is 14.8 Å². The van der Waals surface area contributed by atoms with Crippen LogP contribution in [0.2, 0.25) is 5.02 Å². The summed E-state index contributed by atoms with van der Waals surface area (Å²) >= 11 is 5.79. The number of Topliss-reactive ketones (excluding diaryl/α,β-unsaturated/α-hetero) is 1. The van der Waals surface area contributed by atoms with E-state index < -0.39 is 0 Å². The van der Waals surface area contributed by atoms with Crippen molar-refractivity contribution >= 4 is 23.3 Å². The number of ether oxygens (including phenoxy) is 2. The van der Waals surface area contributed by atoms with Crippen LogP contribution in [0.5, 0.6) is 11.5 Å². The standard InChI is InChI=1S/C18H16ClNO4/c19-14-4-2-13(3-5-14)15(21)6-8-18(22)20-10-12-1-7-16-17(9-12)24-11-23-16/h1-5,7,9H,6,8,10-11H2,(H,20,22). The molecule has 0 spiro atoms. The van der Waals surface area contributed by atoms with Crippen molar-refractivity contribution < 1.29 is 19.1 Å². The first-order chi connectivity index (χ1) is 11.6. The van der Waals surface area contributed by atoms with Gasteiger partial charge in [-0.05, 0) is 42.0 Å². The SMILES string of the molecule is O=C(CCC(=O)c1ccc(Cl)cc1)NCc1ccc2c(c1)OCO2. The third-order valence-corrected chi connectivity index (χ3v) is 3.92. The van der Waals surface area contributed by atoms with Crippen LogP contribution in [0.15, 0.2) is 42.5 Å². The number of benzene rings is 2. The molecule has 1 aliphatic heterocycles. The summed E-state index contributed by atoms with van der Waals surface area (Å²) in [6, 6.07) is 12.2. The zero-order valence-electron chi connectivity index (χ0n) is 12.9. The molecule has 0 unspecified atom stereocenters. The van der Waals surface area contributed by atoms with Crippen LogP contribution in [-0.4, -0.2) is 18.5 Å². The van der Waals surface area contributed by atoms with Crippen LogP contribution in [0, 0.1) is 0 Å². The van der Waals surface area contributed by atoms with Crippen LogP contribution in [0.25, 0.3) is 0 Å². The minimum atomic E-state index is -0.171. The van der Waals surface area contributed by atoms with E-state index in [1.54, 1.807) is 24.3 Å². The molecule has 1 heterocycles. The molecule has 24 heavy (non-hydrogen) atoms. The molecular formula is C18H16ClNO4. The fourth-order valence-corrected chi connectivity index (χ4v) is 2.47. The summed E-state index contributed by atoms with van der Waals surface area (Å²) in [5.74, 6) is 1.14. The lowest BCUT2D eigenvalue weighted by Gasteiger charge is -2.06. The van der Waals surface area contributed by atoms with Crippen molar-refractivity contribution in [1.29, 1.82) is 0 Å². The van der Waals surface area contributed by atoms with Gasteiger partial charge in [0, 0.05) is 30.0 Å². The maximum absolute atomic E-state index is 12.0. The highest BCUT2D eigenvalue weighted by molar-refractivity contribution is 6.30. The molecule has 1 aliphatic rings. The second-order valence-electron chi connectivity index (χ2n) is 5.39. The Hall–Kier alpha value is -2.53. The molecule has 0 aromatic heterocycles. The topological polar surface area (TPSA) is 64.6 Å². The average Bonchev–Trinajstić information content (AvgIpc) is 3.06. The molecule has 6 heteroatoms. The number of halogens is 1. The molecule has 0 fully saturated rings. The first-order valence-electron chi connectivity index (χ1n) is 7.56. The van der Waals surface area contributed by atoms with Crippen LogP contribution in [0.1, 0.15) is 28.8 Å². The Morgan fingerprint density at radius 3 is 2.54 bits per heavy atom. The van der Waals surface area contributed by atoms with E-state index >= 15 is 0 Å². The van der Waals surface area contributed by atoms with Gasteiger partial charge in [-0.15, -0.1) is 0 Å². The fraction of sp³-hybridized carbons (Fsp3) is 0.222. The molecule has 1 amide bonds. The van der Waals surface area contributed by atoms with Gasteiger partial charge in [-0.2, -0.15) is 0 Å². The fourth-order valence-electron chi connectivity index (χ4n) is 2.35. The Bertz CT molecular complexity index is 758. The molecule has 2 aromatic carbocycles. The lowest BCUT2D eigenvalue weighted by molar-refractivity contribution is -0.121. The van der Waals surface area contributed by atoms with Crippen molar-refractivity contribution in [2.45, 2.75) is 19.4 Å². The third kappa shape index (κ3) is 4.06. The summed E-state index contributed by atoms with van der Waals surface area (Å²) in [4.78, 5) is 23.9. The number of hydrogen-bond donors (Lipinski definition) is 1. The Morgan fingerprint density at radius 1 is 1.00 bits per heavy atom. The van der Waals surface area contributed by atoms with Crippen LogP contribution in [-0.2, 0) is 11.3 Å². The van der Waals surface area contributed by atoms with E-state index in [-0.39, 0.29) is 31.3 Å². The first kappa shape index (κ1) is 16.3. The van der Waals surface area contributed by atoms with Gasteiger partial charge in [-0.25, -0.2) is 0 Å². The van der Waals surface area contributed by atoms with E-state index in [4.69, 9.17) is 21.1 Å². The maximum atomic E-state index is 12.0. The second-order valence-corrected chi connectivity index (χ2v) is 5.83. The van der Waals surface area contributed by atoms with Gasteiger partial charge >= 0.3 is 0 Å². The van der Waals surface area contributed by atoms with Gasteiger partial charge in [-0.1, -0.05) is 17.7 Å². The number of ketones is 1. The van der Waals surface area contributed by atoms with Crippen molar-refractivity contribution in [1.82, 2.24) is 5.32 Å². The van der Waals surface area contributed by atoms with Gasteiger partial charge in [0.2, 0.25) is 12.7 Å². The highest BCUT2D eigenvalue weighted by Gasteiger charge is 2.14. The second kappa shape index (κ2) is 7.36. The van der Waals surface area contributed by atoms with E-state index in [9.17, 15) is 9.59 Å². The van der Waals surface area contributed by atoms with Gasteiger partial charge in [0.05, 0.1) is 0 Å². The summed E-state index contributed by atoms with van der Waals surface area (Å²) in [5, 5.41) is 3.37. The van der Waals surface area contributed by atoms with Crippen LogP contribution < -0.4 is 14.8 Å². The van der Waals surface area contributed by atoms with Crippen molar-refractivity contribution in [3.63, 3.8) is 0 Å². The minimum absolute atomic E-state index is 0.0788. The molecule has 0 saturated heterocycles. The molecule has 0 atom stereocenters. The molecule has 2 aromatic rings. The molecule has 5 nitrogen and oxygen atoms in total. The summed E-state index contributed by atoms with van der Waals surface area (Å²) in [6.07, 6.45) is 0.306. The molecule has 3 rings (SSSR count). The Morgan fingerprint density at radius 2 is 1.75 bits per heavy atom. The maximum Gasteiger partial charge on any atom is 0.231 e. The van der Waals surface area contributed by atoms with Crippen LogP contribution in [0.3, 0.4) is 0 Å². The highest BCUT2D eigenvalue weighted by Crippen LogP contribution is 2.32. The van der Waals surface area contributed by atoms with Crippen LogP contribution in [0.4, 0.5) is 0 Å². The molecule has 1 N–H and O–H groups in total. The quantitative estimate of drug-likeness (QED) is 0.815. The Balaban J connectivity index is 1.46. The molecular weight excluding hydrogens is 330 g/mol. The number of carbonyl (C=O) groups is 2. The average molecular weight is 346 g/mol.